The van der Waals surface area contributed by atoms with Gasteiger partial charge in [0.25, 0.3) is 0 Å². The molecule has 1 fully saturated rings. The van der Waals surface area contributed by atoms with Gasteiger partial charge in [0.2, 0.25) is 10.0 Å². The minimum atomic E-state index is -3.54. The Kier molecular flexibility index (Phi) is 5.43. The average Bonchev–Trinajstić information content (AvgIpc) is 3.09. The summed E-state index contributed by atoms with van der Waals surface area (Å²) in [5, 5.41) is 4.42. The maximum Gasteiger partial charge on any atom is 0.246 e. The molecular weight excluding hydrogens is 367 g/mol. The fourth-order valence-electron chi connectivity index (χ4n) is 2.83. The number of nitrogens with zero attached hydrogens (tertiary/aromatic N) is 4. The zero-order chi connectivity index (χ0) is 18.0. The van der Waals surface area contributed by atoms with Gasteiger partial charge in [0.1, 0.15) is 10.7 Å². The molecule has 0 N–H and O–H groups in total. The summed E-state index contributed by atoms with van der Waals surface area (Å²) >= 11 is 6.06. The molecule has 136 valence electrons. The lowest BCUT2D eigenvalue weighted by atomic mass is 10.2. The molecule has 0 amide bonds. The van der Waals surface area contributed by atoms with Crippen LogP contribution < -0.4 is 0 Å². The Balaban J connectivity index is 1.65. The number of halogens is 2. The minimum Gasteiger partial charge on any atom is -0.296 e. The first-order chi connectivity index (χ1) is 11.9. The zero-order valence-corrected chi connectivity index (χ0v) is 15.5. The molecule has 2 heterocycles. The Morgan fingerprint density at radius 1 is 1.24 bits per heavy atom. The van der Waals surface area contributed by atoms with Gasteiger partial charge in [0.15, 0.2) is 0 Å². The van der Waals surface area contributed by atoms with Crippen molar-refractivity contribution in [2.75, 3.05) is 26.2 Å². The van der Waals surface area contributed by atoms with Crippen LogP contribution in [0.1, 0.15) is 12.5 Å². The lowest BCUT2D eigenvalue weighted by Gasteiger charge is -2.33. The average molecular weight is 387 g/mol. The molecule has 0 bridgehead atoms. The molecular formula is C16H20ClFN4O2S. The number of piperazine rings is 1. The van der Waals surface area contributed by atoms with E-state index in [0.717, 1.165) is 0 Å². The third kappa shape index (κ3) is 3.87. The lowest BCUT2D eigenvalue weighted by molar-refractivity contribution is 0.180. The summed E-state index contributed by atoms with van der Waals surface area (Å²) in [6.07, 6.45) is 2.92. The van der Waals surface area contributed by atoms with Gasteiger partial charge < -0.3 is 0 Å². The molecule has 0 spiro atoms. The van der Waals surface area contributed by atoms with E-state index in [9.17, 15) is 12.8 Å². The number of sulfonamides is 1. The molecule has 1 saturated heterocycles. The van der Waals surface area contributed by atoms with E-state index in [2.05, 4.69) is 5.10 Å². The molecule has 6 nitrogen and oxygen atoms in total. The summed E-state index contributed by atoms with van der Waals surface area (Å²) < 4.78 is 42.3. The van der Waals surface area contributed by atoms with Gasteiger partial charge in [-0.3, -0.25) is 9.58 Å². The van der Waals surface area contributed by atoms with Gasteiger partial charge in [0, 0.05) is 56.1 Å². The smallest absolute Gasteiger partial charge is 0.246 e. The highest BCUT2D eigenvalue weighted by Gasteiger charge is 2.29. The Labute approximate surface area is 151 Å². The molecule has 1 aromatic heterocycles. The van der Waals surface area contributed by atoms with E-state index in [0.29, 0.717) is 49.9 Å². The molecule has 0 unspecified atom stereocenters. The summed E-state index contributed by atoms with van der Waals surface area (Å²) in [5.74, 6) is -0.338. The predicted molar refractivity (Wildman–Crippen MR) is 93.3 cm³/mol. The van der Waals surface area contributed by atoms with Gasteiger partial charge >= 0.3 is 0 Å². The fourth-order valence-corrected chi connectivity index (χ4v) is 4.43. The number of hydrogen-bond donors (Lipinski definition) is 0. The van der Waals surface area contributed by atoms with E-state index in [1.807, 2.05) is 11.8 Å². The fraction of sp³-hybridized carbons (Fsp3) is 0.438. The van der Waals surface area contributed by atoms with Gasteiger partial charge in [0.05, 0.1) is 6.20 Å². The van der Waals surface area contributed by atoms with E-state index in [1.165, 1.54) is 16.6 Å². The highest BCUT2D eigenvalue weighted by Crippen LogP contribution is 2.22. The number of aromatic nitrogens is 2. The van der Waals surface area contributed by atoms with Crippen molar-refractivity contribution < 1.29 is 12.8 Å². The minimum absolute atomic E-state index is 0.208. The van der Waals surface area contributed by atoms with Gasteiger partial charge in [-0.05, 0) is 19.1 Å². The number of hydrogen-bond acceptors (Lipinski definition) is 4. The van der Waals surface area contributed by atoms with Crippen LogP contribution in [0.15, 0.2) is 35.5 Å². The normalized spacial score (nSPS) is 17.1. The number of benzene rings is 1. The first kappa shape index (κ1) is 18.3. The van der Waals surface area contributed by atoms with Gasteiger partial charge in [-0.1, -0.05) is 17.7 Å². The highest BCUT2D eigenvalue weighted by atomic mass is 35.5. The first-order valence-corrected chi connectivity index (χ1v) is 9.91. The van der Waals surface area contributed by atoms with Crippen molar-refractivity contribution in [3.63, 3.8) is 0 Å². The summed E-state index contributed by atoms with van der Waals surface area (Å²) in [5.41, 5.74) is 0.449. The molecule has 9 heteroatoms. The van der Waals surface area contributed by atoms with Crippen LogP contribution in [0.4, 0.5) is 4.39 Å². The van der Waals surface area contributed by atoms with Gasteiger partial charge in [-0.15, -0.1) is 0 Å². The van der Waals surface area contributed by atoms with Crippen molar-refractivity contribution in [3.05, 3.63) is 47.0 Å². The zero-order valence-electron chi connectivity index (χ0n) is 13.9. The second-order valence-corrected chi connectivity index (χ2v) is 8.26. The molecule has 0 aliphatic carbocycles. The first-order valence-electron chi connectivity index (χ1n) is 8.09. The van der Waals surface area contributed by atoms with E-state index in [1.54, 1.807) is 23.0 Å². The molecule has 1 aliphatic rings. The van der Waals surface area contributed by atoms with Gasteiger partial charge in [-0.25, -0.2) is 12.8 Å². The van der Waals surface area contributed by atoms with E-state index < -0.39 is 10.0 Å². The summed E-state index contributed by atoms with van der Waals surface area (Å²) in [7, 11) is -3.54. The number of aryl methyl sites for hydroxylation is 1. The highest BCUT2D eigenvalue weighted by molar-refractivity contribution is 7.89. The van der Waals surface area contributed by atoms with Crippen LogP contribution in [-0.2, 0) is 23.1 Å². The molecule has 1 aliphatic heterocycles. The SMILES string of the molecule is CCn1cc(S(=O)(=O)N2CCN(Cc3c(F)cccc3Cl)CC2)cn1. The van der Waals surface area contributed by atoms with Crippen LogP contribution in [0, 0.1) is 5.82 Å². The maximum atomic E-state index is 13.9. The van der Waals surface area contributed by atoms with Crippen LogP contribution in [0.5, 0.6) is 0 Å². The second kappa shape index (κ2) is 7.41. The van der Waals surface area contributed by atoms with Crippen LogP contribution in [-0.4, -0.2) is 53.6 Å². The molecule has 2 aromatic rings. The molecule has 0 atom stereocenters. The van der Waals surface area contributed by atoms with Crippen molar-refractivity contribution in [2.45, 2.75) is 24.9 Å². The van der Waals surface area contributed by atoms with E-state index >= 15 is 0 Å². The van der Waals surface area contributed by atoms with Crippen molar-refractivity contribution in [1.29, 1.82) is 0 Å². The summed E-state index contributed by atoms with van der Waals surface area (Å²) in [4.78, 5) is 2.21. The second-order valence-electron chi connectivity index (χ2n) is 5.91. The summed E-state index contributed by atoms with van der Waals surface area (Å²) in [6, 6.07) is 4.61. The lowest BCUT2D eigenvalue weighted by Crippen LogP contribution is -2.48. The molecule has 3 rings (SSSR count). The van der Waals surface area contributed by atoms with E-state index in [-0.39, 0.29) is 10.7 Å². The molecule has 25 heavy (non-hydrogen) atoms. The van der Waals surface area contributed by atoms with Crippen molar-refractivity contribution in [2.24, 2.45) is 0 Å². The molecule has 0 radical (unpaired) electrons. The largest absolute Gasteiger partial charge is 0.296 e. The Hall–Kier alpha value is -1.48. The Morgan fingerprint density at radius 2 is 1.96 bits per heavy atom. The third-order valence-electron chi connectivity index (χ3n) is 4.35. The Morgan fingerprint density at radius 3 is 2.56 bits per heavy atom. The van der Waals surface area contributed by atoms with Crippen LogP contribution in [0.25, 0.3) is 0 Å². The van der Waals surface area contributed by atoms with Crippen molar-refractivity contribution >= 4 is 21.6 Å². The van der Waals surface area contributed by atoms with Crippen LogP contribution in [0.2, 0.25) is 5.02 Å². The third-order valence-corrected chi connectivity index (χ3v) is 6.55. The van der Waals surface area contributed by atoms with E-state index in [4.69, 9.17) is 11.6 Å². The Bertz CT molecular complexity index is 827. The van der Waals surface area contributed by atoms with Gasteiger partial charge in [-0.2, -0.15) is 9.40 Å². The van der Waals surface area contributed by atoms with Crippen LogP contribution >= 0.6 is 11.6 Å². The quantitative estimate of drug-likeness (QED) is 0.790. The monoisotopic (exact) mass is 386 g/mol. The number of rotatable bonds is 5. The van der Waals surface area contributed by atoms with Crippen molar-refractivity contribution in [1.82, 2.24) is 19.0 Å². The van der Waals surface area contributed by atoms with Crippen LogP contribution in [0.3, 0.4) is 0 Å². The standard InChI is InChI=1S/C16H20ClFN4O2S/c1-2-21-11-13(10-19-21)25(23,24)22-8-6-20(7-9-22)12-14-15(17)4-3-5-16(14)18/h3-5,10-11H,2,6-9,12H2,1H3. The maximum absolute atomic E-state index is 13.9. The topological polar surface area (TPSA) is 58.4 Å². The summed E-state index contributed by atoms with van der Waals surface area (Å²) in [6.45, 7) is 4.63. The van der Waals surface area contributed by atoms with Crippen molar-refractivity contribution in [3.8, 4) is 0 Å². The predicted octanol–water partition coefficient (Wildman–Crippen LogP) is 2.20. The molecule has 0 saturated carbocycles. The molecule has 1 aromatic carbocycles.